The molecule has 0 radical (unpaired) electrons. The van der Waals surface area contributed by atoms with E-state index >= 15 is 0 Å². The fourth-order valence-electron chi connectivity index (χ4n) is 1.88. The molecule has 1 aromatic rings. The van der Waals surface area contributed by atoms with E-state index in [0.717, 1.165) is 12.3 Å². The first-order valence-electron chi connectivity index (χ1n) is 5.90. The molecule has 0 amide bonds. The summed E-state index contributed by atoms with van der Waals surface area (Å²) in [6, 6.07) is 2.50. The third-order valence-corrected chi connectivity index (χ3v) is 4.58. The van der Waals surface area contributed by atoms with Crippen LogP contribution < -0.4 is 5.73 Å². The molecule has 86 valence electrons. The number of nitrogens with two attached hydrogens (primary N) is 1. The Kier molecular flexibility index (Phi) is 4.81. The van der Waals surface area contributed by atoms with Gasteiger partial charge in [-0.05, 0) is 37.8 Å². The zero-order valence-corrected chi connectivity index (χ0v) is 11.2. The molecule has 0 aliphatic heterocycles. The summed E-state index contributed by atoms with van der Waals surface area (Å²) in [7, 11) is 0. The van der Waals surface area contributed by atoms with Crippen LogP contribution in [0.2, 0.25) is 0 Å². The molecule has 0 saturated carbocycles. The second-order valence-corrected chi connectivity index (χ2v) is 5.70. The summed E-state index contributed by atoms with van der Waals surface area (Å²) in [5.41, 5.74) is 7.62. The molecule has 0 saturated heterocycles. The summed E-state index contributed by atoms with van der Waals surface area (Å²) >= 11 is 1.86. The zero-order valence-electron chi connectivity index (χ0n) is 10.3. The van der Waals surface area contributed by atoms with Gasteiger partial charge in [-0.15, -0.1) is 11.3 Å². The Bertz CT molecular complexity index is 280. The van der Waals surface area contributed by atoms with Crippen LogP contribution in [0.3, 0.4) is 0 Å². The molecule has 1 aromatic heterocycles. The molecule has 0 bridgehead atoms. The van der Waals surface area contributed by atoms with E-state index in [4.69, 9.17) is 5.73 Å². The SMILES string of the molecule is CCC(CC)CC(N)c1cc(C)c(C)s1. The van der Waals surface area contributed by atoms with Gasteiger partial charge in [0.1, 0.15) is 0 Å². The molecule has 0 aliphatic rings. The Labute approximate surface area is 97.7 Å². The van der Waals surface area contributed by atoms with Gasteiger partial charge in [0, 0.05) is 15.8 Å². The molecule has 1 heterocycles. The average molecular weight is 225 g/mol. The Balaban J connectivity index is 2.64. The van der Waals surface area contributed by atoms with Crippen molar-refractivity contribution < 1.29 is 0 Å². The largest absolute Gasteiger partial charge is 0.323 e. The molecule has 1 atom stereocenters. The molecule has 2 heteroatoms. The second kappa shape index (κ2) is 5.66. The average Bonchev–Trinajstić information content (AvgIpc) is 2.55. The predicted molar refractivity (Wildman–Crippen MR) is 69.4 cm³/mol. The lowest BCUT2D eigenvalue weighted by atomic mass is 9.94. The number of hydrogen-bond donors (Lipinski definition) is 1. The van der Waals surface area contributed by atoms with Crippen molar-refractivity contribution in [1.82, 2.24) is 0 Å². The third-order valence-electron chi connectivity index (χ3n) is 3.29. The van der Waals surface area contributed by atoms with Crippen molar-refractivity contribution in [2.75, 3.05) is 0 Å². The van der Waals surface area contributed by atoms with Gasteiger partial charge in [0.15, 0.2) is 0 Å². The van der Waals surface area contributed by atoms with Crippen molar-refractivity contribution in [3.05, 3.63) is 21.4 Å². The molecule has 1 nitrogen and oxygen atoms in total. The van der Waals surface area contributed by atoms with E-state index in [-0.39, 0.29) is 6.04 Å². The zero-order chi connectivity index (χ0) is 11.4. The highest BCUT2D eigenvalue weighted by Crippen LogP contribution is 2.30. The molecule has 1 rings (SSSR count). The number of hydrogen-bond acceptors (Lipinski definition) is 2. The standard InChI is InChI=1S/C13H23NS/c1-5-11(6-2)8-12(14)13-7-9(3)10(4)15-13/h7,11-12H,5-6,8,14H2,1-4H3. The fraction of sp³-hybridized carbons (Fsp3) is 0.692. The van der Waals surface area contributed by atoms with E-state index in [1.165, 1.54) is 28.2 Å². The smallest absolute Gasteiger partial charge is 0.0392 e. The van der Waals surface area contributed by atoms with Crippen molar-refractivity contribution in [1.29, 1.82) is 0 Å². The minimum Gasteiger partial charge on any atom is -0.323 e. The molecular formula is C13H23NS. The van der Waals surface area contributed by atoms with Gasteiger partial charge in [-0.3, -0.25) is 0 Å². The van der Waals surface area contributed by atoms with Crippen LogP contribution in [0, 0.1) is 19.8 Å². The summed E-state index contributed by atoms with van der Waals surface area (Å²) in [5, 5.41) is 0. The molecule has 0 spiro atoms. The van der Waals surface area contributed by atoms with Gasteiger partial charge in [-0.1, -0.05) is 26.7 Å². The van der Waals surface area contributed by atoms with Crippen LogP contribution in [-0.4, -0.2) is 0 Å². The Morgan fingerprint density at radius 2 is 1.87 bits per heavy atom. The summed E-state index contributed by atoms with van der Waals surface area (Å²) < 4.78 is 0. The summed E-state index contributed by atoms with van der Waals surface area (Å²) in [6.07, 6.45) is 3.62. The molecular weight excluding hydrogens is 202 g/mol. The number of thiophene rings is 1. The molecule has 0 fully saturated rings. The molecule has 0 aliphatic carbocycles. The van der Waals surface area contributed by atoms with Crippen molar-refractivity contribution in [3.63, 3.8) is 0 Å². The quantitative estimate of drug-likeness (QED) is 0.799. The van der Waals surface area contributed by atoms with Crippen LogP contribution in [0.25, 0.3) is 0 Å². The van der Waals surface area contributed by atoms with E-state index in [0.29, 0.717) is 0 Å². The van der Waals surface area contributed by atoms with Gasteiger partial charge in [0.2, 0.25) is 0 Å². The maximum Gasteiger partial charge on any atom is 0.0392 e. The molecule has 15 heavy (non-hydrogen) atoms. The maximum atomic E-state index is 6.24. The van der Waals surface area contributed by atoms with E-state index in [1.807, 2.05) is 11.3 Å². The van der Waals surface area contributed by atoms with Crippen LogP contribution in [0.4, 0.5) is 0 Å². The summed E-state index contributed by atoms with van der Waals surface area (Å²) in [4.78, 5) is 2.77. The Hall–Kier alpha value is -0.340. The van der Waals surface area contributed by atoms with Crippen LogP contribution >= 0.6 is 11.3 Å². The van der Waals surface area contributed by atoms with Crippen LogP contribution in [0.15, 0.2) is 6.07 Å². The minimum absolute atomic E-state index is 0.243. The summed E-state index contributed by atoms with van der Waals surface area (Å²) in [5.74, 6) is 0.780. The van der Waals surface area contributed by atoms with Gasteiger partial charge in [0.05, 0.1) is 0 Å². The van der Waals surface area contributed by atoms with Gasteiger partial charge in [-0.25, -0.2) is 0 Å². The topological polar surface area (TPSA) is 26.0 Å². The summed E-state index contributed by atoms with van der Waals surface area (Å²) in [6.45, 7) is 8.85. The Morgan fingerprint density at radius 1 is 1.27 bits per heavy atom. The monoisotopic (exact) mass is 225 g/mol. The first-order valence-corrected chi connectivity index (χ1v) is 6.72. The van der Waals surface area contributed by atoms with Gasteiger partial charge < -0.3 is 5.73 Å². The maximum absolute atomic E-state index is 6.24. The lowest BCUT2D eigenvalue weighted by Crippen LogP contribution is -2.13. The normalized spacial score (nSPS) is 13.5. The highest BCUT2D eigenvalue weighted by molar-refractivity contribution is 7.12. The van der Waals surface area contributed by atoms with Crippen LogP contribution in [-0.2, 0) is 0 Å². The Morgan fingerprint density at radius 3 is 2.27 bits per heavy atom. The first-order chi connectivity index (χ1) is 7.08. The minimum atomic E-state index is 0.243. The van der Waals surface area contributed by atoms with Gasteiger partial charge in [0.25, 0.3) is 0 Å². The van der Waals surface area contributed by atoms with E-state index in [9.17, 15) is 0 Å². The highest BCUT2D eigenvalue weighted by atomic mass is 32.1. The third kappa shape index (κ3) is 3.32. The molecule has 1 unspecified atom stereocenters. The van der Waals surface area contributed by atoms with E-state index < -0.39 is 0 Å². The molecule has 2 N–H and O–H groups in total. The fourth-order valence-corrected chi connectivity index (χ4v) is 2.94. The predicted octanol–water partition coefficient (Wildman–Crippen LogP) is 4.19. The van der Waals surface area contributed by atoms with Gasteiger partial charge in [-0.2, -0.15) is 0 Å². The first kappa shape index (κ1) is 12.7. The van der Waals surface area contributed by atoms with Crippen molar-refractivity contribution in [2.45, 2.75) is 53.0 Å². The lowest BCUT2D eigenvalue weighted by molar-refractivity contribution is 0.417. The van der Waals surface area contributed by atoms with Crippen molar-refractivity contribution in [2.24, 2.45) is 11.7 Å². The van der Waals surface area contributed by atoms with Crippen molar-refractivity contribution in [3.8, 4) is 0 Å². The number of aryl methyl sites for hydroxylation is 2. The lowest BCUT2D eigenvalue weighted by Gasteiger charge is -2.16. The van der Waals surface area contributed by atoms with Crippen LogP contribution in [0.5, 0.6) is 0 Å². The van der Waals surface area contributed by atoms with E-state index in [1.54, 1.807) is 0 Å². The number of rotatable bonds is 5. The highest BCUT2D eigenvalue weighted by Gasteiger charge is 2.14. The van der Waals surface area contributed by atoms with E-state index in [2.05, 4.69) is 33.8 Å². The second-order valence-electron chi connectivity index (χ2n) is 4.41. The van der Waals surface area contributed by atoms with Crippen molar-refractivity contribution >= 4 is 11.3 Å². The van der Waals surface area contributed by atoms with Crippen LogP contribution in [0.1, 0.15) is 54.5 Å². The van der Waals surface area contributed by atoms with Gasteiger partial charge >= 0.3 is 0 Å². The molecule has 0 aromatic carbocycles.